The molecule has 1 saturated heterocycles. The molecule has 1 aromatic carbocycles. The Kier molecular flexibility index (Phi) is 5.41. The highest BCUT2D eigenvalue weighted by atomic mass is 15.2. The summed E-state index contributed by atoms with van der Waals surface area (Å²) in [4.78, 5) is 2.68. The van der Waals surface area contributed by atoms with Gasteiger partial charge in [0.05, 0.1) is 0 Å². The van der Waals surface area contributed by atoms with Crippen LogP contribution in [0.25, 0.3) is 0 Å². The third kappa shape index (κ3) is 3.80. The normalized spacial score (nSPS) is 24.6. The fourth-order valence-electron chi connectivity index (χ4n) is 3.20. The van der Waals surface area contributed by atoms with Gasteiger partial charge in [0, 0.05) is 18.6 Å². The fourth-order valence-corrected chi connectivity index (χ4v) is 3.20. The summed E-state index contributed by atoms with van der Waals surface area (Å²) in [6.07, 6.45) is 5.22. The fraction of sp³-hybridized carbons (Fsp3) is 0.647. The molecule has 0 unspecified atom stereocenters. The number of benzene rings is 1. The van der Waals surface area contributed by atoms with E-state index in [9.17, 15) is 0 Å². The Morgan fingerprint density at radius 3 is 2.37 bits per heavy atom. The van der Waals surface area contributed by atoms with E-state index in [1.165, 1.54) is 30.4 Å². The third-order valence-corrected chi connectivity index (χ3v) is 4.49. The zero-order valence-corrected chi connectivity index (χ0v) is 12.7. The van der Waals surface area contributed by atoms with Crippen LogP contribution in [-0.4, -0.2) is 30.6 Å². The molecular formula is C17H28N2. The second-order valence-corrected chi connectivity index (χ2v) is 5.92. The molecule has 0 amide bonds. The minimum absolute atomic E-state index is 0.723. The van der Waals surface area contributed by atoms with E-state index < -0.39 is 0 Å². The molecule has 19 heavy (non-hydrogen) atoms. The maximum atomic E-state index is 3.25. The number of nitrogens with one attached hydrogen (secondary N) is 1. The van der Waals surface area contributed by atoms with Crippen LogP contribution in [0.1, 0.15) is 44.2 Å². The molecule has 2 atom stereocenters. The molecule has 1 N–H and O–H groups in total. The lowest BCUT2D eigenvalue weighted by Gasteiger charge is -2.39. The number of nitrogens with zero attached hydrogens (tertiary/aromatic N) is 1. The minimum Gasteiger partial charge on any atom is -0.319 e. The highest BCUT2D eigenvalue weighted by Gasteiger charge is 2.24. The lowest BCUT2D eigenvalue weighted by Crippen LogP contribution is -2.43. The van der Waals surface area contributed by atoms with Gasteiger partial charge in [0.2, 0.25) is 0 Å². The standard InChI is InChI=1S/C17H28N2/c1-14-7-6-8-15(2)19(14)13-17-10-5-4-9-16(17)11-12-18-3/h4-5,9-10,14-15,18H,6-8,11-13H2,1-3H3/t14-,15+. The summed E-state index contributed by atoms with van der Waals surface area (Å²) in [6, 6.07) is 10.4. The number of rotatable bonds is 5. The molecule has 0 radical (unpaired) electrons. The van der Waals surface area contributed by atoms with Gasteiger partial charge in [0.25, 0.3) is 0 Å². The molecule has 2 rings (SSSR count). The van der Waals surface area contributed by atoms with Gasteiger partial charge in [-0.3, -0.25) is 4.90 Å². The summed E-state index contributed by atoms with van der Waals surface area (Å²) in [6.45, 7) is 6.93. The van der Waals surface area contributed by atoms with Gasteiger partial charge in [-0.2, -0.15) is 0 Å². The lowest BCUT2D eigenvalue weighted by molar-refractivity contribution is 0.0950. The molecule has 0 saturated carbocycles. The van der Waals surface area contributed by atoms with E-state index in [-0.39, 0.29) is 0 Å². The van der Waals surface area contributed by atoms with Crippen LogP contribution in [0.4, 0.5) is 0 Å². The number of hydrogen-bond donors (Lipinski definition) is 1. The second-order valence-electron chi connectivity index (χ2n) is 5.92. The van der Waals surface area contributed by atoms with E-state index in [0.29, 0.717) is 0 Å². The van der Waals surface area contributed by atoms with Crippen LogP contribution < -0.4 is 5.32 Å². The molecule has 106 valence electrons. The summed E-state index contributed by atoms with van der Waals surface area (Å²) in [5.74, 6) is 0. The van der Waals surface area contributed by atoms with Crippen molar-refractivity contribution >= 4 is 0 Å². The molecule has 0 aliphatic carbocycles. The molecule has 0 bridgehead atoms. The first-order valence-electron chi connectivity index (χ1n) is 7.69. The van der Waals surface area contributed by atoms with E-state index in [0.717, 1.165) is 31.6 Å². The van der Waals surface area contributed by atoms with Crippen molar-refractivity contribution in [2.75, 3.05) is 13.6 Å². The van der Waals surface area contributed by atoms with E-state index in [4.69, 9.17) is 0 Å². The number of likely N-dealkylation sites (tertiary alicyclic amines) is 1. The van der Waals surface area contributed by atoms with Gasteiger partial charge in [0.15, 0.2) is 0 Å². The first-order valence-corrected chi connectivity index (χ1v) is 7.69. The molecule has 0 aromatic heterocycles. The van der Waals surface area contributed by atoms with Crippen LogP contribution in [0.15, 0.2) is 24.3 Å². The monoisotopic (exact) mass is 260 g/mol. The van der Waals surface area contributed by atoms with Crippen LogP contribution in [0, 0.1) is 0 Å². The first kappa shape index (κ1) is 14.5. The summed E-state index contributed by atoms with van der Waals surface area (Å²) in [7, 11) is 2.03. The summed E-state index contributed by atoms with van der Waals surface area (Å²) in [5.41, 5.74) is 3.01. The molecule has 2 nitrogen and oxygen atoms in total. The van der Waals surface area contributed by atoms with Crippen molar-refractivity contribution in [3.05, 3.63) is 35.4 Å². The molecule has 1 aliphatic heterocycles. The van der Waals surface area contributed by atoms with E-state index in [2.05, 4.69) is 48.3 Å². The molecule has 0 spiro atoms. The average molecular weight is 260 g/mol. The van der Waals surface area contributed by atoms with E-state index >= 15 is 0 Å². The van der Waals surface area contributed by atoms with Crippen LogP contribution >= 0.6 is 0 Å². The number of hydrogen-bond acceptors (Lipinski definition) is 2. The van der Waals surface area contributed by atoms with Crippen molar-refractivity contribution in [3.8, 4) is 0 Å². The Hall–Kier alpha value is -0.860. The largest absolute Gasteiger partial charge is 0.319 e. The van der Waals surface area contributed by atoms with Crippen LogP contribution in [0.3, 0.4) is 0 Å². The van der Waals surface area contributed by atoms with Crippen molar-refractivity contribution in [2.24, 2.45) is 0 Å². The predicted octanol–water partition coefficient (Wildman–Crippen LogP) is 3.21. The van der Waals surface area contributed by atoms with Crippen molar-refractivity contribution in [1.82, 2.24) is 10.2 Å². The highest BCUT2D eigenvalue weighted by molar-refractivity contribution is 5.27. The van der Waals surface area contributed by atoms with Gasteiger partial charge in [-0.1, -0.05) is 30.7 Å². The summed E-state index contributed by atoms with van der Waals surface area (Å²) >= 11 is 0. The molecule has 1 heterocycles. The average Bonchev–Trinajstić information content (AvgIpc) is 2.42. The first-order chi connectivity index (χ1) is 9.22. The Morgan fingerprint density at radius 2 is 1.74 bits per heavy atom. The van der Waals surface area contributed by atoms with Gasteiger partial charge in [-0.25, -0.2) is 0 Å². The molecular weight excluding hydrogens is 232 g/mol. The zero-order valence-electron chi connectivity index (χ0n) is 12.7. The van der Waals surface area contributed by atoms with Crippen LogP contribution in [0.5, 0.6) is 0 Å². The van der Waals surface area contributed by atoms with Crippen molar-refractivity contribution < 1.29 is 0 Å². The summed E-state index contributed by atoms with van der Waals surface area (Å²) in [5, 5.41) is 3.25. The lowest BCUT2D eigenvalue weighted by atomic mass is 9.95. The SMILES string of the molecule is CNCCc1ccccc1CN1[C@H](C)CCC[C@@H]1C. The maximum absolute atomic E-state index is 3.25. The van der Waals surface area contributed by atoms with E-state index in [1.54, 1.807) is 0 Å². The van der Waals surface area contributed by atoms with Gasteiger partial charge in [-0.15, -0.1) is 0 Å². The highest BCUT2D eigenvalue weighted by Crippen LogP contribution is 2.25. The Labute approximate surface area is 118 Å². The quantitative estimate of drug-likeness (QED) is 0.874. The molecule has 2 heteroatoms. The number of piperidine rings is 1. The van der Waals surface area contributed by atoms with Crippen molar-refractivity contribution in [2.45, 2.75) is 58.2 Å². The maximum Gasteiger partial charge on any atom is 0.0242 e. The molecule has 1 aliphatic rings. The van der Waals surface area contributed by atoms with Gasteiger partial charge in [0.1, 0.15) is 0 Å². The topological polar surface area (TPSA) is 15.3 Å². The van der Waals surface area contributed by atoms with E-state index in [1.807, 2.05) is 7.05 Å². The molecule has 1 aromatic rings. The van der Waals surface area contributed by atoms with Crippen molar-refractivity contribution in [1.29, 1.82) is 0 Å². The van der Waals surface area contributed by atoms with Crippen molar-refractivity contribution in [3.63, 3.8) is 0 Å². The van der Waals surface area contributed by atoms with Gasteiger partial charge >= 0.3 is 0 Å². The Balaban J connectivity index is 2.08. The number of likely N-dealkylation sites (N-methyl/N-ethyl adjacent to an activating group) is 1. The molecule has 1 fully saturated rings. The summed E-state index contributed by atoms with van der Waals surface area (Å²) < 4.78 is 0. The van der Waals surface area contributed by atoms with Gasteiger partial charge in [-0.05, 0) is 57.8 Å². The second kappa shape index (κ2) is 7.06. The Morgan fingerprint density at radius 1 is 1.11 bits per heavy atom. The zero-order chi connectivity index (χ0) is 13.7. The smallest absolute Gasteiger partial charge is 0.0242 e. The Bertz CT molecular complexity index is 379. The van der Waals surface area contributed by atoms with Crippen LogP contribution in [0.2, 0.25) is 0 Å². The van der Waals surface area contributed by atoms with Crippen LogP contribution in [-0.2, 0) is 13.0 Å². The third-order valence-electron chi connectivity index (χ3n) is 4.49. The predicted molar refractivity (Wildman–Crippen MR) is 82.4 cm³/mol. The van der Waals surface area contributed by atoms with Gasteiger partial charge < -0.3 is 5.32 Å². The minimum atomic E-state index is 0.723.